The molecule has 0 aromatic carbocycles. The Balaban J connectivity index is 4.08. The van der Waals surface area contributed by atoms with Crippen molar-refractivity contribution in [3.8, 4) is 0 Å². The molecule has 0 aliphatic rings. The fourth-order valence-electron chi connectivity index (χ4n) is 11.0. The van der Waals surface area contributed by atoms with Gasteiger partial charge in [-0.25, -0.2) is 0 Å². The summed E-state index contributed by atoms with van der Waals surface area (Å²) >= 11 is 0. The minimum Gasteiger partial charge on any atom is -0.462 e. The molecule has 0 spiro atoms. The van der Waals surface area contributed by atoms with Crippen LogP contribution in [0.3, 0.4) is 0 Å². The Kier molecular flexibility index (Phi) is 67.1. The van der Waals surface area contributed by atoms with E-state index in [0.29, 0.717) is 19.3 Å². The summed E-state index contributed by atoms with van der Waals surface area (Å²) in [7, 11) is 0. The van der Waals surface area contributed by atoms with Crippen molar-refractivity contribution in [2.45, 2.75) is 406 Å². The van der Waals surface area contributed by atoms with Gasteiger partial charge in [-0.2, -0.15) is 0 Å². The van der Waals surface area contributed by atoms with Crippen LogP contribution in [0.2, 0.25) is 0 Å². The zero-order chi connectivity index (χ0) is 57.8. The molecule has 0 fully saturated rings. The molecule has 6 nitrogen and oxygen atoms in total. The Morgan fingerprint density at radius 2 is 0.475 bits per heavy atom. The van der Waals surface area contributed by atoms with Crippen LogP contribution in [0.25, 0.3) is 0 Å². The second kappa shape index (κ2) is 69.1. The van der Waals surface area contributed by atoms with Crippen LogP contribution in [0.5, 0.6) is 0 Å². The first-order valence-corrected chi connectivity index (χ1v) is 36.0. The highest BCUT2D eigenvalue weighted by Gasteiger charge is 2.19. The van der Waals surface area contributed by atoms with Gasteiger partial charge in [0.25, 0.3) is 0 Å². The predicted molar refractivity (Wildman–Crippen MR) is 349 cm³/mol. The second-order valence-corrected chi connectivity index (χ2v) is 24.5. The van der Waals surface area contributed by atoms with Crippen molar-refractivity contribution in [1.29, 1.82) is 0 Å². The standard InChI is InChI=1S/C74H138O6/c1-4-7-10-13-16-19-22-24-26-28-30-32-33-34-35-36-37-38-39-40-41-43-44-46-48-50-52-55-58-61-64-67-73(76)79-70-71(69-78-72(75)66-63-60-57-54-21-18-15-12-9-6-3)80-74(77)68-65-62-59-56-53-51-49-47-45-42-31-29-27-25-23-20-17-14-11-8-5-2/h12,15,22,24,28,30,71H,4-11,13-14,16-21,23,25-27,29,31-70H2,1-3H3/b15-12-,24-22-,30-28-. The van der Waals surface area contributed by atoms with Crippen LogP contribution in [-0.4, -0.2) is 37.2 Å². The summed E-state index contributed by atoms with van der Waals surface area (Å²) in [6.45, 7) is 6.63. The fraction of sp³-hybridized carbons (Fsp3) is 0.878. The van der Waals surface area contributed by atoms with E-state index in [1.165, 1.54) is 283 Å². The predicted octanol–water partition coefficient (Wildman–Crippen LogP) is 24.7. The third kappa shape index (κ3) is 66.4. The average Bonchev–Trinajstić information content (AvgIpc) is 3.46. The van der Waals surface area contributed by atoms with Gasteiger partial charge in [0, 0.05) is 19.3 Å². The van der Waals surface area contributed by atoms with E-state index in [4.69, 9.17) is 14.2 Å². The van der Waals surface area contributed by atoms with E-state index < -0.39 is 6.10 Å². The topological polar surface area (TPSA) is 78.9 Å². The Bertz CT molecular complexity index is 1340. The minimum absolute atomic E-state index is 0.0688. The maximum absolute atomic E-state index is 12.9. The van der Waals surface area contributed by atoms with Crippen molar-refractivity contribution < 1.29 is 28.6 Å². The number of carbonyl (C=O) groups excluding carboxylic acids is 3. The molecule has 0 rings (SSSR count). The number of allylic oxidation sites excluding steroid dienone is 6. The molecule has 80 heavy (non-hydrogen) atoms. The summed E-state index contributed by atoms with van der Waals surface area (Å²) in [5.41, 5.74) is 0. The van der Waals surface area contributed by atoms with Crippen LogP contribution in [0.1, 0.15) is 400 Å². The van der Waals surface area contributed by atoms with Crippen molar-refractivity contribution in [3.05, 3.63) is 36.5 Å². The Hall–Kier alpha value is -2.37. The van der Waals surface area contributed by atoms with Crippen LogP contribution in [0.4, 0.5) is 0 Å². The normalized spacial score (nSPS) is 12.2. The lowest BCUT2D eigenvalue weighted by Crippen LogP contribution is -2.30. The number of hydrogen-bond acceptors (Lipinski definition) is 6. The summed E-state index contributed by atoms with van der Waals surface area (Å²) in [5, 5.41) is 0. The number of esters is 3. The molecule has 0 aromatic heterocycles. The van der Waals surface area contributed by atoms with Crippen molar-refractivity contribution >= 4 is 17.9 Å². The van der Waals surface area contributed by atoms with Crippen LogP contribution in [0, 0.1) is 0 Å². The lowest BCUT2D eigenvalue weighted by Gasteiger charge is -2.18. The number of rotatable bonds is 67. The number of hydrogen-bond donors (Lipinski definition) is 0. The fourth-order valence-corrected chi connectivity index (χ4v) is 11.0. The van der Waals surface area contributed by atoms with Gasteiger partial charge in [0.2, 0.25) is 0 Å². The highest BCUT2D eigenvalue weighted by Crippen LogP contribution is 2.19. The maximum Gasteiger partial charge on any atom is 0.306 e. The smallest absolute Gasteiger partial charge is 0.306 e. The van der Waals surface area contributed by atoms with Crippen molar-refractivity contribution in [3.63, 3.8) is 0 Å². The Morgan fingerprint density at radius 3 is 0.750 bits per heavy atom. The molecule has 0 saturated heterocycles. The molecule has 6 heteroatoms. The first kappa shape index (κ1) is 77.6. The van der Waals surface area contributed by atoms with E-state index in [2.05, 4.69) is 57.2 Å². The van der Waals surface area contributed by atoms with E-state index >= 15 is 0 Å². The summed E-state index contributed by atoms with van der Waals surface area (Å²) < 4.78 is 16.9. The molecule has 1 unspecified atom stereocenters. The van der Waals surface area contributed by atoms with Crippen LogP contribution in [0.15, 0.2) is 36.5 Å². The number of carbonyl (C=O) groups is 3. The number of ether oxygens (including phenoxy) is 3. The minimum atomic E-state index is -0.772. The van der Waals surface area contributed by atoms with Crippen LogP contribution < -0.4 is 0 Å². The monoisotopic (exact) mass is 1120 g/mol. The molecule has 0 aliphatic heterocycles. The van der Waals surface area contributed by atoms with E-state index in [1.807, 2.05) is 0 Å². The summed E-state index contributed by atoms with van der Waals surface area (Å²) in [5.74, 6) is -0.851. The van der Waals surface area contributed by atoms with Gasteiger partial charge in [-0.15, -0.1) is 0 Å². The largest absolute Gasteiger partial charge is 0.462 e. The number of unbranched alkanes of at least 4 members (excludes halogenated alkanes) is 50. The third-order valence-corrected chi connectivity index (χ3v) is 16.3. The summed E-state index contributed by atoms with van der Waals surface area (Å²) in [6.07, 6.45) is 86.3. The van der Waals surface area contributed by atoms with E-state index in [0.717, 1.165) is 77.0 Å². The molecule has 470 valence electrons. The molecule has 0 aromatic rings. The Labute approximate surface area is 499 Å². The van der Waals surface area contributed by atoms with Gasteiger partial charge < -0.3 is 14.2 Å². The molecule has 0 radical (unpaired) electrons. The molecule has 0 N–H and O–H groups in total. The van der Waals surface area contributed by atoms with Crippen LogP contribution >= 0.6 is 0 Å². The maximum atomic E-state index is 12.9. The van der Waals surface area contributed by atoms with Gasteiger partial charge in [0.1, 0.15) is 13.2 Å². The molecule has 0 heterocycles. The van der Waals surface area contributed by atoms with Gasteiger partial charge in [0.15, 0.2) is 6.10 Å². The van der Waals surface area contributed by atoms with Gasteiger partial charge in [0.05, 0.1) is 0 Å². The van der Waals surface area contributed by atoms with Gasteiger partial charge >= 0.3 is 17.9 Å². The van der Waals surface area contributed by atoms with Gasteiger partial charge in [-0.3, -0.25) is 14.4 Å². The lowest BCUT2D eigenvalue weighted by molar-refractivity contribution is -0.167. The Morgan fingerprint density at radius 1 is 0.250 bits per heavy atom. The lowest BCUT2D eigenvalue weighted by atomic mass is 10.0. The highest BCUT2D eigenvalue weighted by molar-refractivity contribution is 5.71. The SMILES string of the molecule is CCC/C=C\CCCCCCCC(=O)OCC(COC(=O)CCCCCCCCCCCCCCCCCCCCC/C=C\C/C=C\CCCCCCC)OC(=O)CCCCCCCCCCCCCCCCCCCCCCC. The van der Waals surface area contributed by atoms with E-state index in [1.54, 1.807) is 0 Å². The first-order valence-electron chi connectivity index (χ1n) is 36.0. The average molecular weight is 1120 g/mol. The molecule has 0 amide bonds. The zero-order valence-electron chi connectivity index (χ0n) is 54.1. The molecular formula is C74H138O6. The van der Waals surface area contributed by atoms with Gasteiger partial charge in [-0.1, -0.05) is 346 Å². The van der Waals surface area contributed by atoms with Crippen molar-refractivity contribution in [2.75, 3.05) is 13.2 Å². The molecule has 0 aliphatic carbocycles. The zero-order valence-corrected chi connectivity index (χ0v) is 54.1. The van der Waals surface area contributed by atoms with Crippen molar-refractivity contribution in [1.82, 2.24) is 0 Å². The molecular weight excluding hydrogens is 985 g/mol. The molecule has 0 bridgehead atoms. The van der Waals surface area contributed by atoms with Crippen molar-refractivity contribution in [2.24, 2.45) is 0 Å². The molecule has 0 saturated carbocycles. The summed E-state index contributed by atoms with van der Waals surface area (Å²) in [6, 6.07) is 0. The first-order chi connectivity index (χ1) is 39.5. The third-order valence-electron chi connectivity index (χ3n) is 16.3. The van der Waals surface area contributed by atoms with Crippen LogP contribution in [-0.2, 0) is 28.6 Å². The van der Waals surface area contributed by atoms with E-state index in [-0.39, 0.29) is 31.1 Å². The highest BCUT2D eigenvalue weighted by atomic mass is 16.6. The molecule has 1 atom stereocenters. The second-order valence-electron chi connectivity index (χ2n) is 24.5. The van der Waals surface area contributed by atoms with E-state index in [9.17, 15) is 14.4 Å². The van der Waals surface area contributed by atoms with Gasteiger partial charge in [-0.05, 0) is 70.6 Å². The summed E-state index contributed by atoms with van der Waals surface area (Å²) in [4.78, 5) is 38.3. The quantitative estimate of drug-likeness (QED) is 0.0261.